The Morgan fingerprint density at radius 2 is 1.30 bits per heavy atom. The molecule has 0 aromatic rings. The first-order chi connectivity index (χ1) is 9.84. The fourth-order valence-electron chi connectivity index (χ4n) is 5.42. The van der Waals surface area contributed by atoms with Crippen molar-refractivity contribution in [2.45, 2.75) is 102 Å². The summed E-state index contributed by atoms with van der Waals surface area (Å²) < 4.78 is 0. The highest BCUT2D eigenvalue weighted by Gasteiger charge is 2.34. The van der Waals surface area contributed by atoms with Crippen LogP contribution in [0.5, 0.6) is 0 Å². The standard InChI is InChI=1S/C19H35N/c1-15(16-9-5-6-10-16)20-19-14-8-7-13-18(19)17-11-3-2-4-12-17/h15-20H,2-14H2,1H3/t15-,18?,19?/m0/s1. The minimum Gasteiger partial charge on any atom is -0.311 e. The van der Waals surface area contributed by atoms with Gasteiger partial charge in [-0.15, -0.1) is 0 Å². The average molecular weight is 277 g/mol. The minimum absolute atomic E-state index is 0.770. The Hall–Kier alpha value is -0.0400. The van der Waals surface area contributed by atoms with E-state index in [2.05, 4.69) is 12.2 Å². The van der Waals surface area contributed by atoms with Gasteiger partial charge in [-0.1, -0.05) is 57.8 Å². The van der Waals surface area contributed by atoms with E-state index < -0.39 is 0 Å². The highest BCUT2D eigenvalue weighted by molar-refractivity contribution is 4.90. The summed E-state index contributed by atoms with van der Waals surface area (Å²) in [5, 5.41) is 4.11. The van der Waals surface area contributed by atoms with Crippen LogP contribution in [0.15, 0.2) is 0 Å². The monoisotopic (exact) mass is 277 g/mol. The second-order valence-electron chi connectivity index (χ2n) is 7.95. The molecule has 1 nitrogen and oxygen atoms in total. The first-order valence-electron chi connectivity index (χ1n) is 9.60. The molecule has 3 aliphatic rings. The summed E-state index contributed by atoms with van der Waals surface area (Å²) in [5.41, 5.74) is 0. The van der Waals surface area contributed by atoms with Crippen molar-refractivity contribution in [3.8, 4) is 0 Å². The highest BCUT2D eigenvalue weighted by Crippen LogP contribution is 2.39. The van der Waals surface area contributed by atoms with E-state index in [1.807, 2.05) is 0 Å². The van der Waals surface area contributed by atoms with Crippen LogP contribution in [0.2, 0.25) is 0 Å². The van der Waals surface area contributed by atoms with Crippen LogP contribution < -0.4 is 5.32 Å². The lowest BCUT2D eigenvalue weighted by atomic mass is 9.70. The predicted molar refractivity (Wildman–Crippen MR) is 86.9 cm³/mol. The molecule has 3 rings (SSSR count). The predicted octanol–water partition coefficient (Wildman–Crippen LogP) is 5.29. The zero-order valence-corrected chi connectivity index (χ0v) is 13.6. The maximum Gasteiger partial charge on any atom is 0.0101 e. The molecule has 3 atom stereocenters. The van der Waals surface area contributed by atoms with Crippen LogP contribution in [0.1, 0.15) is 90.4 Å². The highest BCUT2D eigenvalue weighted by atomic mass is 15.0. The number of hydrogen-bond donors (Lipinski definition) is 1. The van der Waals surface area contributed by atoms with Gasteiger partial charge in [-0.2, -0.15) is 0 Å². The van der Waals surface area contributed by atoms with E-state index in [-0.39, 0.29) is 0 Å². The molecule has 20 heavy (non-hydrogen) atoms. The summed E-state index contributed by atoms with van der Waals surface area (Å²) >= 11 is 0. The fourth-order valence-corrected chi connectivity index (χ4v) is 5.42. The molecule has 1 heteroatoms. The molecule has 0 spiro atoms. The van der Waals surface area contributed by atoms with Gasteiger partial charge in [0.25, 0.3) is 0 Å². The van der Waals surface area contributed by atoms with Crippen molar-refractivity contribution in [1.82, 2.24) is 5.32 Å². The van der Waals surface area contributed by atoms with Crippen molar-refractivity contribution in [2.24, 2.45) is 17.8 Å². The van der Waals surface area contributed by atoms with Crippen LogP contribution in [0.3, 0.4) is 0 Å². The van der Waals surface area contributed by atoms with Crippen molar-refractivity contribution < 1.29 is 0 Å². The normalized spacial score (nSPS) is 35.2. The van der Waals surface area contributed by atoms with Crippen molar-refractivity contribution in [2.75, 3.05) is 0 Å². The molecule has 1 N–H and O–H groups in total. The second-order valence-corrected chi connectivity index (χ2v) is 7.95. The maximum absolute atomic E-state index is 4.11. The third-order valence-electron chi connectivity index (χ3n) is 6.66. The molecule has 3 aliphatic carbocycles. The van der Waals surface area contributed by atoms with Gasteiger partial charge in [-0.3, -0.25) is 0 Å². The largest absolute Gasteiger partial charge is 0.311 e. The van der Waals surface area contributed by atoms with Gasteiger partial charge in [-0.25, -0.2) is 0 Å². The van der Waals surface area contributed by atoms with Crippen LogP contribution in [-0.4, -0.2) is 12.1 Å². The molecule has 116 valence electrons. The van der Waals surface area contributed by atoms with Crippen LogP contribution in [0, 0.1) is 17.8 Å². The van der Waals surface area contributed by atoms with E-state index in [4.69, 9.17) is 0 Å². The first kappa shape index (κ1) is 14.9. The quantitative estimate of drug-likeness (QED) is 0.736. The van der Waals surface area contributed by atoms with Gasteiger partial charge >= 0.3 is 0 Å². The van der Waals surface area contributed by atoms with Crippen LogP contribution in [0.25, 0.3) is 0 Å². The van der Waals surface area contributed by atoms with Crippen LogP contribution in [0.4, 0.5) is 0 Å². The Bertz CT molecular complexity index is 275. The third kappa shape index (κ3) is 3.59. The zero-order valence-electron chi connectivity index (χ0n) is 13.6. The Morgan fingerprint density at radius 1 is 0.700 bits per heavy atom. The molecule has 0 radical (unpaired) electrons. The van der Waals surface area contributed by atoms with Crippen molar-refractivity contribution in [3.63, 3.8) is 0 Å². The summed E-state index contributed by atoms with van der Waals surface area (Å²) in [6.45, 7) is 2.47. The summed E-state index contributed by atoms with van der Waals surface area (Å²) in [7, 11) is 0. The van der Waals surface area contributed by atoms with Crippen LogP contribution >= 0.6 is 0 Å². The van der Waals surface area contributed by atoms with Gasteiger partial charge in [0.1, 0.15) is 0 Å². The molecule has 0 bridgehead atoms. The average Bonchev–Trinajstić information content (AvgIpc) is 3.03. The zero-order chi connectivity index (χ0) is 13.8. The topological polar surface area (TPSA) is 12.0 Å². The van der Waals surface area contributed by atoms with E-state index in [1.54, 1.807) is 0 Å². The second kappa shape index (κ2) is 7.29. The summed E-state index contributed by atoms with van der Waals surface area (Å²) in [5.74, 6) is 3.04. The molecule has 0 amide bonds. The van der Waals surface area contributed by atoms with Gasteiger partial charge in [0.05, 0.1) is 0 Å². The minimum atomic E-state index is 0.770. The van der Waals surface area contributed by atoms with Gasteiger partial charge in [-0.05, 0) is 50.4 Å². The van der Waals surface area contributed by atoms with Gasteiger partial charge < -0.3 is 5.32 Å². The van der Waals surface area contributed by atoms with Crippen molar-refractivity contribution >= 4 is 0 Å². The lowest BCUT2D eigenvalue weighted by Gasteiger charge is -2.41. The number of nitrogens with one attached hydrogen (secondary N) is 1. The molecule has 3 saturated carbocycles. The lowest BCUT2D eigenvalue weighted by Crippen LogP contribution is -2.48. The molecule has 0 aromatic carbocycles. The summed E-state index contributed by atoms with van der Waals surface area (Å²) in [6.07, 6.45) is 19.4. The smallest absolute Gasteiger partial charge is 0.0101 e. The van der Waals surface area contributed by atoms with E-state index in [0.717, 1.165) is 29.8 Å². The molecule has 2 unspecified atom stereocenters. The van der Waals surface area contributed by atoms with Crippen molar-refractivity contribution in [3.05, 3.63) is 0 Å². The number of hydrogen-bond acceptors (Lipinski definition) is 1. The molecule has 0 aromatic heterocycles. The molecular weight excluding hydrogens is 242 g/mol. The molecule has 0 aliphatic heterocycles. The Morgan fingerprint density at radius 3 is 2.05 bits per heavy atom. The van der Waals surface area contributed by atoms with E-state index >= 15 is 0 Å². The van der Waals surface area contributed by atoms with Crippen LogP contribution in [-0.2, 0) is 0 Å². The SMILES string of the molecule is C[C@H](NC1CCCCC1C1CCCCC1)C1CCCC1. The van der Waals surface area contributed by atoms with Gasteiger partial charge in [0.15, 0.2) is 0 Å². The number of rotatable bonds is 4. The van der Waals surface area contributed by atoms with Gasteiger partial charge in [0, 0.05) is 12.1 Å². The Labute approximate surface area is 126 Å². The third-order valence-corrected chi connectivity index (χ3v) is 6.66. The van der Waals surface area contributed by atoms with Crippen molar-refractivity contribution in [1.29, 1.82) is 0 Å². The summed E-state index contributed by atoms with van der Waals surface area (Å²) in [6, 6.07) is 1.62. The molecule has 3 fully saturated rings. The fraction of sp³-hybridized carbons (Fsp3) is 1.00. The Balaban J connectivity index is 1.56. The molecule has 0 heterocycles. The maximum atomic E-state index is 4.11. The lowest BCUT2D eigenvalue weighted by molar-refractivity contribution is 0.135. The molecule has 0 saturated heterocycles. The summed E-state index contributed by atoms with van der Waals surface area (Å²) in [4.78, 5) is 0. The van der Waals surface area contributed by atoms with E-state index in [9.17, 15) is 0 Å². The first-order valence-corrected chi connectivity index (χ1v) is 9.60. The van der Waals surface area contributed by atoms with Gasteiger partial charge in [0.2, 0.25) is 0 Å². The molecular formula is C19H35N. The Kier molecular flexibility index (Phi) is 5.42. The van der Waals surface area contributed by atoms with E-state index in [1.165, 1.54) is 83.5 Å². The van der Waals surface area contributed by atoms with E-state index in [0.29, 0.717) is 0 Å².